The molecule has 0 radical (unpaired) electrons. The third-order valence-corrected chi connectivity index (χ3v) is 3.56. The third kappa shape index (κ3) is 5.64. The first-order valence-corrected chi connectivity index (χ1v) is 7.87. The Morgan fingerprint density at radius 1 is 1.35 bits per heavy atom. The molecule has 1 aromatic heterocycles. The van der Waals surface area contributed by atoms with Crippen LogP contribution in [0, 0.1) is 11.3 Å². The van der Waals surface area contributed by atoms with E-state index >= 15 is 0 Å². The highest BCUT2D eigenvalue weighted by Crippen LogP contribution is 2.11. The summed E-state index contributed by atoms with van der Waals surface area (Å²) < 4.78 is 6.15. The molecule has 0 saturated heterocycles. The molecular weight excluding hydrogens is 358 g/mol. The van der Waals surface area contributed by atoms with E-state index < -0.39 is 5.91 Å². The van der Waals surface area contributed by atoms with Crippen LogP contribution >= 0.6 is 15.9 Å². The molecule has 0 aliphatic carbocycles. The van der Waals surface area contributed by atoms with Crippen LogP contribution in [0.2, 0.25) is 0 Å². The Balaban J connectivity index is 1.79. The molecule has 1 amide bonds. The molecule has 2 rings (SSSR count). The van der Waals surface area contributed by atoms with Crippen molar-refractivity contribution in [1.29, 1.82) is 5.26 Å². The van der Waals surface area contributed by atoms with E-state index in [-0.39, 0.29) is 12.1 Å². The Hall–Kier alpha value is -2.52. The molecule has 1 aromatic carbocycles. The fraction of sp³-hybridized carbons (Fsp3) is 0.176. The average Bonchev–Trinajstić information content (AvgIpc) is 3.06. The highest BCUT2D eigenvalue weighted by molar-refractivity contribution is 9.10. The van der Waals surface area contributed by atoms with Crippen LogP contribution in [0.5, 0.6) is 0 Å². The zero-order chi connectivity index (χ0) is 16.5. The SMILES string of the molecule is N#C/C(=C/NCCc1cccc(Br)c1)C(=O)NCc1ccco1. The molecule has 23 heavy (non-hydrogen) atoms. The van der Waals surface area contributed by atoms with Gasteiger partial charge in [0.15, 0.2) is 0 Å². The summed E-state index contributed by atoms with van der Waals surface area (Å²) in [6.45, 7) is 0.885. The molecule has 0 fully saturated rings. The lowest BCUT2D eigenvalue weighted by molar-refractivity contribution is -0.117. The first-order valence-electron chi connectivity index (χ1n) is 7.07. The highest BCUT2D eigenvalue weighted by Gasteiger charge is 2.08. The minimum absolute atomic E-state index is 0.0331. The number of carbonyl (C=O) groups is 1. The Kier molecular flexibility index (Phi) is 6.45. The lowest BCUT2D eigenvalue weighted by Crippen LogP contribution is -2.25. The maximum Gasteiger partial charge on any atom is 0.263 e. The summed E-state index contributed by atoms with van der Waals surface area (Å²) in [5, 5.41) is 14.7. The number of halogens is 1. The predicted octanol–water partition coefficient (Wildman–Crippen LogP) is 2.90. The van der Waals surface area contributed by atoms with Crippen molar-refractivity contribution < 1.29 is 9.21 Å². The lowest BCUT2D eigenvalue weighted by Gasteiger charge is -2.04. The molecule has 2 N–H and O–H groups in total. The van der Waals surface area contributed by atoms with Gasteiger partial charge in [-0.1, -0.05) is 28.1 Å². The second-order valence-corrected chi connectivity index (χ2v) is 5.68. The molecular formula is C17H16BrN3O2. The van der Waals surface area contributed by atoms with Crippen molar-refractivity contribution in [3.63, 3.8) is 0 Å². The second-order valence-electron chi connectivity index (χ2n) is 4.77. The molecule has 1 heterocycles. The van der Waals surface area contributed by atoms with Crippen molar-refractivity contribution in [3.05, 3.63) is 70.2 Å². The molecule has 0 saturated carbocycles. The fourth-order valence-corrected chi connectivity index (χ4v) is 2.35. The quantitative estimate of drug-likeness (QED) is 0.444. The number of carbonyl (C=O) groups excluding carboxylic acids is 1. The number of nitrogens with one attached hydrogen (secondary N) is 2. The molecule has 0 spiro atoms. The van der Waals surface area contributed by atoms with Crippen molar-refractivity contribution in [2.45, 2.75) is 13.0 Å². The minimum Gasteiger partial charge on any atom is -0.467 e. The van der Waals surface area contributed by atoms with Crippen LogP contribution in [0.4, 0.5) is 0 Å². The summed E-state index contributed by atoms with van der Waals surface area (Å²) in [6, 6.07) is 13.4. The number of nitrogens with zero attached hydrogens (tertiary/aromatic N) is 1. The van der Waals surface area contributed by atoms with Crippen LogP contribution in [0.15, 0.2) is 63.3 Å². The van der Waals surface area contributed by atoms with E-state index in [1.165, 1.54) is 18.0 Å². The molecule has 0 atom stereocenters. The minimum atomic E-state index is -0.432. The Labute approximate surface area is 143 Å². The summed E-state index contributed by atoms with van der Waals surface area (Å²) in [5.74, 6) is 0.206. The molecule has 0 bridgehead atoms. The van der Waals surface area contributed by atoms with Gasteiger partial charge >= 0.3 is 0 Å². The molecule has 5 nitrogen and oxygen atoms in total. The van der Waals surface area contributed by atoms with Gasteiger partial charge in [-0.05, 0) is 36.2 Å². The summed E-state index contributed by atoms with van der Waals surface area (Å²) in [4.78, 5) is 11.9. The zero-order valence-corrected chi connectivity index (χ0v) is 14.0. The number of amides is 1. The van der Waals surface area contributed by atoms with E-state index in [2.05, 4.69) is 26.6 Å². The van der Waals surface area contributed by atoms with Crippen molar-refractivity contribution in [1.82, 2.24) is 10.6 Å². The zero-order valence-electron chi connectivity index (χ0n) is 12.4. The van der Waals surface area contributed by atoms with Crippen LogP contribution in [0.1, 0.15) is 11.3 Å². The first kappa shape index (κ1) is 16.8. The van der Waals surface area contributed by atoms with Gasteiger partial charge in [0.05, 0.1) is 12.8 Å². The normalized spacial score (nSPS) is 10.9. The number of benzene rings is 1. The topological polar surface area (TPSA) is 78.1 Å². The number of hydrogen-bond donors (Lipinski definition) is 2. The van der Waals surface area contributed by atoms with E-state index in [0.29, 0.717) is 12.3 Å². The van der Waals surface area contributed by atoms with E-state index in [0.717, 1.165) is 10.9 Å². The average molecular weight is 374 g/mol. The van der Waals surface area contributed by atoms with Crippen molar-refractivity contribution in [2.75, 3.05) is 6.54 Å². The third-order valence-electron chi connectivity index (χ3n) is 3.06. The smallest absolute Gasteiger partial charge is 0.263 e. The van der Waals surface area contributed by atoms with Crippen molar-refractivity contribution >= 4 is 21.8 Å². The standard InChI is InChI=1S/C17H16BrN3O2/c18-15-4-1-3-13(9-15)6-7-20-11-14(10-19)17(22)21-12-16-5-2-8-23-16/h1-5,8-9,11,20H,6-7,12H2,(H,21,22)/b14-11-. The number of hydrogen-bond acceptors (Lipinski definition) is 4. The van der Waals surface area contributed by atoms with Crippen LogP contribution in [0.3, 0.4) is 0 Å². The maximum absolute atomic E-state index is 11.9. The van der Waals surface area contributed by atoms with Gasteiger partial charge in [-0.3, -0.25) is 4.79 Å². The van der Waals surface area contributed by atoms with Gasteiger partial charge in [0, 0.05) is 17.2 Å². The lowest BCUT2D eigenvalue weighted by atomic mass is 10.1. The van der Waals surface area contributed by atoms with E-state index in [1.54, 1.807) is 12.1 Å². The van der Waals surface area contributed by atoms with Crippen molar-refractivity contribution in [3.8, 4) is 6.07 Å². The fourth-order valence-electron chi connectivity index (χ4n) is 1.91. The second kappa shape index (κ2) is 8.81. The van der Waals surface area contributed by atoms with Crippen LogP contribution in [-0.4, -0.2) is 12.5 Å². The van der Waals surface area contributed by atoms with Crippen LogP contribution in [-0.2, 0) is 17.8 Å². The van der Waals surface area contributed by atoms with Gasteiger partial charge in [0.1, 0.15) is 17.4 Å². The van der Waals surface area contributed by atoms with E-state index in [4.69, 9.17) is 9.68 Å². The Morgan fingerprint density at radius 3 is 2.91 bits per heavy atom. The highest BCUT2D eigenvalue weighted by atomic mass is 79.9. The van der Waals surface area contributed by atoms with Crippen LogP contribution < -0.4 is 10.6 Å². The molecule has 0 aliphatic heterocycles. The molecule has 0 aliphatic rings. The summed E-state index contributed by atoms with van der Waals surface area (Å²) >= 11 is 3.42. The molecule has 0 unspecified atom stereocenters. The molecule has 118 valence electrons. The van der Waals surface area contributed by atoms with Gasteiger partial charge in [0.2, 0.25) is 0 Å². The van der Waals surface area contributed by atoms with Crippen LogP contribution in [0.25, 0.3) is 0 Å². The van der Waals surface area contributed by atoms with E-state index in [1.807, 2.05) is 30.3 Å². The number of rotatable bonds is 7. The monoisotopic (exact) mass is 373 g/mol. The first-order chi connectivity index (χ1) is 11.2. The predicted molar refractivity (Wildman–Crippen MR) is 90.1 cm³/mol. The summed E-state index contributed by atoms with van der Waals surface area (Å²) in [5.41, 5.74) is 1.20. The maximum atomic E-state index is 11.9. The number of furan rings is 1. The van der Waals surface area contributed by atoms with Gasteiger partial charge in [-0.15, -0.1) is 0 Å². The summed E-state index contributed by atoms with van der Waals surface area (Å²) in [7, 11) is 0. The summed E-state index contributed by atoms with van der Waals surface area (Å²) in [6.07, 6.45) is 3.77. The Morgan fingerprint density at radius 2 is 2.22 bits per heavy atom. The largest absolute Gasteiger partial charge is 0.467 e. The van der Waals surface area contributed by atoms with Gasteiger partial charge in [-0.25, -0.2) is 0 Å². The van der Waals surface area contributed by atoms with Gasteiger partial charge in [-0.2, -0.15) is 5.26 Å². The van der Waals surface area contributed by atoms with E-state index in [9.17, 15) is 4.79 Å². The van der Waals surface area contributed by atoms with Gasteiger partial charge < -0.3 is 15.1 Å². The molecule has 2 aromatic rings. The van der Waals surface area contributed by atoms with Crippen molar-refractivity contribution in [2.24, 2.45) is 0 Å². The number of nitriles is 1. The van der Waals surface area contributed by atoms with Gasteiger partial charge in [0.25, 0.3) is 5.91 Å². The Bertz CT molecular complexity index is 718. The molecule has 6 heteroatoms.